The zero-order valence-corrected chi connectivity index (χ0v) is 79.2. The van der Waals surface area contributed by atoms with Crippen molar-refractivity contribution in [2.24, 2.45) is 10.9 Å². The minimum Gasteiger partial charge on any atom is -0.457 e. The summed E-state index contributed by atoms with van der Waals surface area (Å²) in [5.74, 6) is -4.19. The molecule has 5 aliphatic rings. The number of nitrogens with two attached hydrogens (primary N) is 1. The molecule has 8 rings (SSSR count). The highest BCUT2D eigenvalue weighted by atomic mass is 32.2. The number of allylic oxidation sites excluding steroid dienone is 2. The quantitative estimate of drug-likeness (QED) is 0.00890. The van der Waals surface area contributed by atoms with Gasteiger partial charge in [0.05, 0.1) is 95.8 Å². The van der Waals surface area contributed by atoms with Crippen molar-refractivity contribution in [3.8, 4) is 0 Å². The lowest BCUT2D eigenvalue weighted by molar-refractivity contribution is -0.366. The number of ether oxygens (including phenoxy) is 15. The van der Waals surface area contributed by atoms with E-state index >= 15 is 0 Å². The molecule has 0 saturated carbocycles. The topological polar surface area (TPSA) is 600 Å². The van der Waals surface area contributed by atoms with Crippen LogP contribution in [0.2, 0.25) is 0 Å². The Morgan fingerprint density at radius 3 is 1.39 bits per heavy atom. The van der Waals surface area contributed by atoms with Crippen LogP contribution in [0.1, 0.15) is 155 Å². The fourth-order valence-corrected chi connectivity index (χ4v) is 18.4. The number of hydrogen-bond donors (Lipinski definition) is 17. The third-order valence-corrected chi connectivity index (χ3v) is 25.3. The Hall–Kier alpha value is -7.69. The summed E-state index contributed by atoms with van der Waals surface area (Å²) in [4.78, 5) is 98.1. The van der Waals surface area contributed by atoms with Gasteiger partial charge in [-0.2, -0.15) is 0 Å². The summed E-state index contributed by atoms with van der Waals surface area (Å²) in [7, 11) is 1.32. The smallest absolute Gasteiger partial charge is 0.404 e. The van der Waals surface area contributed by atoms with Crippen LogP contribution in [-0.2, 0) is 109 Å². The summed E-state index contributed by atoms with van der Waals surface area (Å²) >= 11 is 1.77. The maximum atomic E-state index is 14.2. The van der Waals surface area contributed by atoms with Gasteiger partial charge in [0.25, 0.3) is 0 Å². The molecule has 6 amide bonds. The van der Waals surface area contributed by atoms with Crippen molar-refractivity contribution >= 4 is 59.6 Å². The first kappa shape index (κ1) is 114. The van der Waals surface area contributed by atoms with Crippen molar-refractivity contribution in [3.63, 3.8) is 0 Å². The van der Waals surface area contributed by atoms with Crippen LogP contribution < -0.4 is 27.0 Å². The van der Waals surface area contributed by atoms with E-state index in [9.17, 15) is 94.8 Å². The molecule has 3 aromatic rings. The molecular weight excluding hydrogens is 1810 g/mol. The predicted molar refractivity (Wildman–Crippen MR) is 486 cm³/mol. The lowest BCUT2D eigenvalue weighted by Gasteiger charge is -2.51. The van der Waals surface area contributed by atoms with E-state index in [-0.39, 0.29) is 39.5 Å². The van der Waals surface area contributed by atoms with Gasteiger partial charge in [-0.15, -0.1) is 11.8 Å². The van der Waals surface area contributed by atoms with Gasteiger partial charge < -0.3 is 169 Å². The van der Waals surface area contributed by atoms with Gasteiger partial charge in [0.15, 0.2) is 43.7 Å². The Morgan fingerprint density at radius 2 is 0.934 bits per heavy atom. The molecule has 5 fully saturated rings. The molecule has 5 heterocycles. The molecule has 0 unspecified atom stereocenters. The molecule has 5 saturated heterocycles. The van der Waals surface area contributed by atoms with Crippen LogP contribution in [0.15, 0.2) is 108 Å². The summed E-state index contributed by atoms with van der Waals surface area (Å²) in [6, 6.07) is 22.1. The highest BCUT2D eigenvalue weighted by Crippen LogP contribution is 2.49. The Kier molecular flexibility index (Phi) is 49.4. The van der Waals surface area contributed by atoms with E-state index in [0.717, 1.165) is 107 Å². The van der Waals surface area contributed by atoms with Gasteiger partial charge in [0.1, 0.15) is 128 Å². The van der Waals surface area contributed by atoms with E-state index in [2.05, 4.69) is 81.9 Å². The molecule has 766 valence electrons. The molecule has 136 heavy (non-hydrogen) atoms. The normalized spacial score (nSPS) is 29.6. The average molecular weight is 1950 g/mol. The van der Waals surface area contributed by atoms with Crippen molar-refractivity contribution in [1.29, 1.82) is 0 Å². The average Bonchev–Trinajstić information content (AvgIpc) is 0.806. The van der Waals surface area contributed by atoms with Crippen LogP contribution in [-0.4, -0.2) is 384 Å². The van der Waals surface area contributed by atoms with E-state index in [4.69, 9.17) is 81.6 Å². The predicted octanol–water partition coefficient (Wildman–Crippen LogP) is 0.101. The molecule has 43 heteroatoms. The van der Waals surface area contributed by atoms with Gasteiger partial charge >= 0.3 is 12.1 Å². The van der Waals surface area contributed by atoms with Crippen LogP contribution >= 0.6 is 11.8 Å². The summed E-state index contributed by atoms with van der Waals surface area (Å²) in [5, 5.41) is 154. The van der Waals surface area contributed by atoms with Crippen LogP contribution in [0.5, 0.6) is 0 Å². The van der Waals surface area contributed by atoms with Gasteiger partial charge in [-0.05, 0) is 55.7 Å². The summed E-state index contributed by atoms with van der Waals surface area (Å²) < 4.78 is 89.2. The van der Waals surface area contributed by atoms with Gasteiger partial charge in [-0.25, -0.2) is 4.79 Å². The molecule has 29 atom stereocenters. The summed E-state index contributed by atoms with van der Waals surface area (Å²) in [6.07, 6.45) is -28.4. The number of benzene rings is 3. The van der Waals surface area contributed by atoms with Crippen molar-refractivity contribution in [3.05, 3.63) is 120 Å². The summed E-state index contributed by atoms with van der Waals surface area (Å²) in [5.41, 5.74) is 8.91. The third-order valence-electron chi connectivity index (χ3n) is 23.8. The van der Waals surface area contributed by atoms with Gasteiger partial charge in [0.2, 0.25) is 29.5 Å². The van der Waals surface area contributed by atoms with Gasteiger partial charge in [-0.1, -0.05) is 167 Å². The second-order valence-corrected chi connectivity index (χ2v) is 35.4. The number of rotatable bonds is 58. The standard InChI is InChI=1S/C93H143N7O35S/c1-9-10-11-12-13-14-15-16-17-18-19-20-21-22-32-39-69(111)100(8)73-85(135-92(94)119)76(114)65(49-101)127-90(73)134-84-68(52-104)130-89(72(79(84)117)99-58(6)108)133-83-67(51-103)129-88(71(78(83)116)98-57(5)107)132-82-66(50-102)128-87(70(77(82)115)97-56(4)106)131-81(64(110)53-123-91-80(118)86(126-59(7)109)74(112)54(2)125-91)75(113)63(96-55(3)105)48-95-124-45-44-121-41-40-120-42-43-122-46-47-136-93(60-33-26-23-27-34-60,61-35-28-24-29-36-61)62-37-30-25-31-38-62/h14-15,23-31,33-38,48,54,63-68,70-91,101-104,110,112-118H,9-13,16-22,32,39-47,49-53H2,1-8H3,(H2,94,119)(H,96,105)(H,97,106)(H,98,107)(H,99,108)/b15-14-,95-48+/t54-,63-,64+,65+,66+,67+,68+,70+,71+,72+,73+,74+,75+,76+,77+,78+,79+,80-,81+,82+,83+,84+,85+,86+,87-,88-,89-,90-,91+/m0/s1. The molecule has 0 radical (unpaired) electrons. The number of likely N-dealkylation sites (N-methyl/N-ethyl adjacent to an activating group) is 1. The van der Waals surface area contributed by atoms with Crippen LogP contribution in [0.4, 0.5) is 4.79 Å². The van der Waals surface area contributed by atoms with Crippen molar-refractivity contribution in [2.75, 3.05) is 92.1 Å². The van der Waals surface area contributed by atoms with E-state index < -0.39 is 257 Å². The number of hydrogen-bond acceptors (Lipinski definition) is 37. The summed E-state index contributed by atoms with van der Waals surface area (Å²) in [6.45, 7) is 4.58. The number of amides is 6. The number of thioether (sulfide) groups is 1. The van der Waals surface area contributed by atoms with Crippen molar-refractivity contribution in [1.82, 2.24) is 26.2 Å². The minimum absolute atomic E-state index is 0.0376. The highest BCUT2D eigenvalue weighted by Gasteiger charge is 2.59. The van der Waals surface area contributed by atoms with Gasteiger partial charge in [0, 0.05) is 53.8 Å². The fourth-order valence-electron chi connectivity index (χ4n) is 17.0. The Labute approximate surface area is 796 Å². The maximum Gasteiger partial charge on any atom is 0.404 e. The lowest BCUT2D eigenvalue weighted by Crippen LogP contribution is -2.72. The Morgan fingerprint density at radius 1 is 0.500 bits per heavy atom. The number of carbonyl (C=O) groups is 7. The Bertz CT molecular complexity index is 3960. The SMILES string of the molecule is CCCCCC/C=C\CCCCCCCCCC(=O)N(C)[C@H]1[C@H](O[C@H]2[C@H](O)[C@@H](NC(C)=O)[C@H](O[C@H]3[C@H](O)[C@@H](NC(C)=O)[C@H](O[C@H]4[C@H](O)[C@@H](NC(C)=O)[C@H](O[C@@H]([C@H](O)[C@H](/C=N/OCCOCCOCCOCCSC(c5ccccc5)(c5ccccc5)c5ccccc5)NC(C)=O)[C@H](O)CO[C@@H]5O[C@@H](C)[C@@H](O)[C@@H](OC(C)=O)[C@@H]5O)O[C@@H]4CO)O[C@@H]3CO)O[C@@H]2CO)O[C@H](CO)[C@@H](O)[C@@H]1OC(N)=O. The number of nitrogens with zero attached hydrogens (tertiary/aromatic N) is 2. The molecule has 0 spiro atoms. The third kappa shape index (κ3) is 33.5. The van der Waals surface area contributed by atoms with Crippen LogP contribution in [0, 0.1) is 0 Å². The first-order valence-electron chi connectivity index (χ1n) is 46.5. The number of primary amides is 1. The molecule has 0 aliphatic carbocycles. The zero-order valence-electron chi connectivity index (χ0n) is 78.4. The molecule has 0 aromatic heterocycles. The maximum absolute atomic E-state index is 14.2. The number of aliphatic hydroxyl groups is 12. The van der Waals surface area contributed by atoms with E-state index in [1.807, 2.05) is 54.6 Å². The van der Waals surface area contributed by atoms with E-state index in [1.165, 1.54) is 39.7 Å². The molecular formula is C93H143N7O35S. The first-order chi connectivity index (χ1) is 65.3. The second-order valence-electron chi connectivity index (χ2n) is 34.1. The first-order valence-corrected chi connectivity index (χ1v) is 47.5. The van der Waals surface area contributed by atoms with E-state index in [0.29, 0.717) is 31.8 Å². The molecule has 3 aromatic carbocycles. The Balaban J connectivity index is 0.931. The number of aliphatic hydroxyl groups excluding tert-OH is 12. The highest BCUT2D eigenvalue weighted by molar-refractivity contribution is 8.00. The molecule has 5 aliphatic heterocycles. The van der Waals surface area contributed by atoms with E-state index in [1.54, 1.807) is 11.8 Å². The number of oxime groups is 1. The van der Waals surface area contributed by atoms with Crippen LogP contribution in [0.3, 0.4) is 0 Å². The fraction of sp³-hybridized carbons (Fsp3) is 0.699. The van der Waals surface area contributed by atoms with Crippen LogP contribution in [0.25, 0.3) is 0 Å². The second kappa shape index (κ2) is 59.1. The molecule has 18 N–H and O–H groups in total. The molecule has 0 bridgehead atoms. The lowest BCUT2D eigenvalue weighted by atomic mass is 9.84. The number of esters is 1. The van der Waals surface area contributed by atoms with Crippen molar-refractivity contribution < 1.29 is 171 Å². The minimum atomic E-state index is -2.20. The van der Waals surface area contributed by atoms with Gasteiger partial charge in [-0.3, -0.25) is 28.8 Å². The molecule has 42 nitrogen and oxygen atoms in total. The number of nitrogens with one attached hydrogen (secondary N) is 4. The number of carbonyl (C=O) groups excluding carboxylic acids is 7. The zero-order chi connectivity index (χ0) is 99.0. The largest absolute Gasteiger partial charge is 0.457 e. The van der Waals surface area contributed by atoms with Crippen molar-refractivity contribution in [2.45, 2.75) is 321 Å². The monoisotopic (exact) mass is 1950 g/mol. The number of unbranched alkanes of at least 4 members (excludes halogenated alkanes) is 11.